The second-order valence-electron chi connectivity index (χ2n) is 4.00. The molecule has 1 aliphatic rings. The molecule has 0 aromatic carbocycles. The highest BCUT2D eigenvalue weighted by molar-refractivity contribution is 5.74. The lowest BCUT2D eigenvalue weighted by atomic mass is 10.0. The molecule has 0 spiro atoms. The van der Waals surface area contributed by atoms with Gasteiger partial charge in [0, 0.05) is 6.42 Å². The lowest BCUT2D eigenvalue weighted by molar-refractivity contribution is -0.358. The van der Waals surface area contributed by atoms with Gasteiger partial charge in [-0.05, 0) is 19.8 Å². The van der Waals surface area contributed by atoms with Crippen LogP contribution in [0.4, 0.5) is 0 Å². The summed E-state index contributed by atoms with van der Waals surface area (Å²) in [6.07, 6.45) is -0.476. The molecule has 92 valence electrons. The second-order valence-corrected chi connectivity index (χ2v) is 4.00. The van der Waals surface area contributed by atoms with Gasteiger partial charge in [-0.1, -0.05) is 6.92 Å². The Morgan fingerprint density at radius 3 is 2.62 bits per heavy atom. The molecular weight excluding hydrogens is 216 g/mol. The third-order valence-electron chi connectivity index (χ3n) is 2.46. The zero-order valence-corrected chi connectivity index (χ0v) is 9.30. The molecule has 0 amide bonds. The highest BCUT2D eigenvalue weighted by Crippen LogP contribution is 2.22. The summed E-state index contributed by atoms with van der Waals surface area (Å²) in [5.41, 5.74) is 0. The Bertz CT molecular complexity index is 287. The zero-order valence-electron chi connectivity index (χ0n) is 9.30. The summed E-state index contributed by atoms with van der Waals surface area (Å²) in [5.74, 6) is -4.42. The van der Waals surface area contributed by atoms with E-state index in [-0.39, 0.29) is 6.42 Å². The summed E-state index contributed by atoms with van der Waals surface area (Å²) in [6.45, 7) is 2.80. The standard InChI is InChI=1S/C10H16O6/c1-6-4-3-5-8(12)15-10(14,7(2)11)16-9(6)13/h6-7,11,14H,3-5H2,1-2H3. The number of cyclic esters (lactones) is 2. The number of hydrogen-bond donors (Lipinski definition) is 2. The molecule has 0 saturated carbocycles. The highest BCUT2D eigenvalue weighted by atomic mass is 16.8. The van der Waals surface area contributed by atoms with Crippen molar-refractivity contribution in [2.75, 3.05) is 0 Å². The van der Waals surface area contributed by atoms with Crippen molar-refractivity contribution in [2.45, 2.75) is 45.2 Å². The minimum atomic E-state index is -2.58. The van der Waals surface area contributed by atoms with Crippen molar-refractivity contribution in [3.05, 3.63) is 0 Å². The normalized spacial score (nSPS) is 34.1. The van der Waals surface area contributed by atoms with Crippen molar-refractivity contribution < 1.29 is 29.3 Å². The molecule has 1 aliphatic heterocycles. The van der Waals surface area contributed by atoms with Crippen LogP contribution in [0.3, 0.4) is 0 Å². The maximum atomic E-state index is 11.5. The lowest BCUT2D eigenvalue weighted by Crippen LogP contribution is -2.49. The van der Waals surface area contributed by atoms with Crippen molar-refractivity contribution in [1.29, 1.82) is 0 Å². The molecule has 6 heteroatoms. The van der Waals surface area contributed by atoms with E-state index < -0.39 is 29.9 Å². The van der Waals surface area contributed by atoms with E-state index in [2.05, 4.69) is 9.47 Å². The van der Waals surface area contributed by atoms with Crippen LogP contribution in [0, 0.1) is 5.92 Å². The molecule has 0 aliphatic carbocycles. The van der Waals surface area contributed by atoms with Gasteiger partial charge in [0.15, 0.2) is 6.10 Å². The molecule has 16 heavy (non-hydrogen) atoms. The molecule has 1 heterocycles. The fourth-order valence-corrected chi connectivity index (χ4v) is 1.32. The first kappa shape index (κ1) is 12.9. The van der Waals surface area contributed by atoms with E-state index in [1.54, 1.807) is 6.92 Å². The average Bonchev–Trinajstić information content (AvgIpc) is 2.19. The Labute approximate surface area is 93.2 Å². The molecule has 1 rings (SSSR count). The monoisotopic (exact) mass is 232 g/mol. The van der Waals surface area contributed by atoms with Gasteiger partial charge in [-0.3, -0.25) is 9.59 Å². The van der Waals surface area contributed by atoms with Crippen LogP contribution in [0.5, 0.6) is 0 Å². The molecule has 0 radical (unpaired) electrons. The van der Waals surface area contributed by atoms with Crippen molar-refractivity contribution in [1.82, 2.24) is 0 Å². The maximum absolute atomic E-state index is 11.5. The van der Waals surface area contributed by atoms with Gasteiger partial charge >= 0.3 is 17.9 Å². The van der Waals surface area contributed by atoms with Crippen LogP contribution in [0.2, 0.25) is 0 Å². The van der Waals surface area contributed by atoms with Crippen molar-refractivity contribution >= 4 is 11.9 Å². The number of carbonyl (C=O) groups excluding carboxylic acids is 2. The number of hydrogen-bond acceptors (Lipinski definition) is 6. The van der Waals surface area contributed by atoms with Crippen LogP contribution in [0.15, 0.2) is 0 Å². The average molecular weight is 232 g/mol. The Morgan fingerprint density at radius 2 is 2.06 bits per heavy atom. The Hall–Kier alpha value is -1.14. The first-order valence-corrected chi connectivity index (χ1v) is 5.20. The fraction of sp³-hybridized carbons (Fsp3) is 0.800. The first-order chi connectivity index (χ1) is 7.35. The quantitative estimate of drug-likeness (QED) is 0.614. The molecule has 2 N–H and O–H groups in total. The predicted octanol–water partition coefficient (Wildman–Crippen LogP) is -0.0803. The Morgan fingerprint density at radius 1 is 1.44 bits per heavy atom. The van der Waals surface area contributed by atoms with E-state index >= 15 is 0 Å². The SMILES string of the molecule is CC1CCCC(=O)OC(O)(C(C)O)OC1=O. The van der Waals surface area contributed by atoms with E-state index in [1.807, 2.05) is 0 Å². The largest absolute Gasteiger partial charge is 0.400 e. The topological polar surface area (TPSA) is 93.1 Å². The van der Waals surface area contributed by atoms with Gasteiger partial charge in [0.25, 0.3) is 0 Å². The van der Waals surface area contributed by atoms with Gasteiger partial charge < -0.3 is 19.7 Å². The summed E-state index contributed by atoms with van der Waals surface area (Å²) in [7, 11) is 0. The molecule has 6 nitrogen and oxygen atoms in total. The minimum Gasteiger partial charge on any atom is -0.396 e. The predicted molar refractivity (Wildman–Crippen MR) is 51.8 cm³/mol. The zero-order chi connectivity index (χ0) is 12.3. The molecule has 0 aromatic rings. The number of rotatable bonds is 1. The van der Waals surface area contributed by atoms with Crippen LogP contribution in [-0.4, -0.2) is 34.2 Å². The van der Waals surface area contributed by atoms with Crippen molar-refractivity contribution in [2.24, 2.45) is 5.92 Å². The van der Waals surface area contributed by atoms with Crippen molar-refractivity contribution in [3.8, 4) is 0 Å². The summed E-state index contributed by atoms with van der Waals surface area (Å²) in [4.78, 5) is 22.7. The minimum absolute atomic E-state index is 0.0794. The third kappa shape index (κ3) is 2.93. The summed E-state index contributed by atoms with van der Waals surface area (Å²) in [5, 5.41) is 19.0. The number of ether oxygens (including phenoxy) is 2. The molecule has 1 fully saturated rings. The molecule has 3 unspecified atom stereocenters. The number of carbonyl (C=O) groups is 2. The fourth-order valence-electron chi connectivity index (χ4n) is 1.32. The van der Waals surface area contributed by atoms with E-state index in [1.165, 1.54) is 6.92 Å². The molecule has 0 aromatic heterocycles. The first-order valence-electron chi connectivity index (χ1n) is 5.20. The highest BCUT2D eigenvalue weighted by Gasteiger charge is 2.43. The summed E-state index contributed by atoms with van der Waals surface area (Å²) >= 11 is 0. The maximum Gasteiger partial charge on any atom is 0.400 e. The Kier molecular flexibility index (Phi) is 3.88. The van der Waals surface area contributed by atoms with Gasteiger partial charge in [-0.15, -0.1) is 0 Å². The van der Waals surface area contributed by atoms with Gasteiger partial charge in [0.1, 0.15) is 0 Å². The second kappa shape index (κ2) is 4.80. The van der Waals surface area contributed by atoms with Crippen LogP contribution in [0.25, 0.3) is 0 Å². The Balaban J connectivity index is 2.89. The van der Waals surface area contributed by atoms with E-state index in [4.69, 9.17) is 0 Å². The van der Waals surface area contributed by atoms with Crippen LogP contribution >= 0.6 is 0 Å². The molecule has 3 atom stereocenters. The van der Waals surface area contributed by atoms with Gasteiger partial charge in [-0.25, -0.2) is 0 Å². The summed E-state index contributed by atoms with van der Waals surface area (Å²) < 4.78 is 9.19. The lowest BCUT2D eigenvalue weighted by Gasteiger charge is -2.29. The van der Waals surface area contributed by atoms with E-state index in [0.29, 0.717) is 12.8 Å². The number of esters is 2. The van der Waals surface area contributed by atoms with E-state index in [9.17, 15) is 19.8 Å². The van der Waals surface area contributed by atoms with Crippen LogP contribution in [-0.2, 0) is 19.1 Å². The third-order valence-corrected chi connectivity index (χ3v) is 2.46. The number of aliphatic hydroxyl groups is 2. The van der Waals surface area contributed by atoms with E-state index in [0.717, 1.165) is 0 Å². The van der Waals surface area contributed by atoms with Gasteiger partial charge in [0.05, 0.1) is 5.92 Å². The van der Waals surface area contributed by atoms with Crippen LogP contribution < -0.4 is 0 Å². The van der Waals surface area contributed by atoms with Crippen molar-refractivity contribution in [3.63, 3.8) is 0 Å². The molecule has 1 saturated heterocycles. The van der Waals surface area contributed by atoms with Crippen LogP contribution in [0.1, 0.15) is 33.1 Å². The molecule has 0 bridgehead atoms. The van der Waals surface area contributed by atoms with Gasteiger partial charge in [-0.2, -0.15) is 0 Å². The van der Waals surface area contributed by atoms with Gasteiger partial charge in [0.2, 0.25) is 0 Å². The molecular formula is C10H16O6. The summed E-state index contributed by atoms with van der Waals surface area (Å²) in [6, 6.07) is 0. The number of aliphatic hydroxyl groups excluding tert-OH is 1. The smallest absolute Gasteiger partial charge is 0.396 e.